The van der Waals surface area contributed by atoms with Crippen molar-refractivity contribution in [2.45, 2.75) is 45.7 Å². The van der Waals surface area contributed by atoms with E-state index in [1.165, 1.54) is 6.92 Å². The summed E-state index contributed by atoms with van der Waals surface area (Å²) in [6.45, 7) is 5.67. The van der Waals surface area contributed by atoms with Crippen molar-refractivity contribution in [1.82, 2.24) is 20.8 Å². The number of carbonyl (C=O) groups is 2. The summed E-state index contributed by atoms with van der Waals surface area (Å²) in [5.74, 6) is 0.322. The summed E-state index contributed by atoms with van der Waals surface area (Å²) in [5.41, 5.74) is 2.81. The lowest BCUT2D eigenvalue weighted by atomic mass is 10.0. The summed E-state index contributed by atoms with van der Waals surface area (Å²) in [6, 6.07) is 9.02. The first-order valence-corrected chi connectivity index (χ1v) is 8.99. The van der Waals surface area contributed by atoms with Crippen LogP contribution in [0, 0.1) is 0 Å². The molecule has 3 aromatic rings. The summed E-state index contributed by atoms with van der Waals surface area (Å²) in [6.07, 6.45) is 2.27. The number of fused-ring (bicyclic) bond motifs is 1. The van der Waals surface area contributed by atoms with Gasteiger partial charge >= 0.3 is 0 Å². The highest BCUT2D eigenvalue weighted by molar-refractivity contribution is 5.89. The first kappa shape index (κ1) is 18.7. The zero-order valence-corrected chi connectivity index (χ0v) is 15.7. The van der Waals surface area contributed by atoms with Crippen molar-refractivity contribution in [2.75, 3.05) is 0 Å². The van der Waals surface area contributed by atoms with Gasteiger partial charge in [0, 0.05) is 36.5 Å². The molecule has 0 spiro atoms. The average molecular weight is 368 g/mol. The molecule has 1 unspecified atom stereocenters. The van der Waals surface area contributed by atoms with Gasteiger partial charge in [-0.25, -0.2) is 0 Å². The first-order valence-electron chi connectivity index (χ1n) is 8.99. The molecule has 0 bridgehead atoms. The number of rotatable bonds is 7. The molecule has 2 amide bonds. The second-order valence-corrected chi connectivity index (χ2v) is 6.91. The number of hydrogen-bond acceptors (Lipinski definition) is 4. The highest BCUT2D eigenvalue weighted by Crippen LogP contribution is 2.19. The molecule has 2 aromatic heterocycles. The number of aromatic nitrogens is 2. The lowest BCUT2D eigenvalue weighted by Crippen LogP contribution is -2.47. The van der Waals surface area contributed by atoms with Gasteiger partial charge in [-0.2, -0.15) is 0 Å². The monoisotopic (exact) mass is 368 g/mol. The molecule has 0 saturated carbocycles. The van der Waals surface area contributed by atoms with Gasteiger partial charge in [-0.15, -0.1) is 0 Å². The zero-order valence-electron chi connectivity index (χ0n) is 15.7. The third-order valence-electron chi connectivity index (χ3n) is 4.40. The van der Waals surface area contributed by atoms with Gasteiger partial charge in [0.1, 0.15) is 6.04 Å². The predicted molar refractivity (Wildman–Crippen MR) is 102 cm³/mol. The number of amides is 2. The SMILES string of the molecule is CC(=O)NC(Cc1c[nH]c2ccccc12)C(=O)NCc1cc(C(C)C)no1. The molecule has 3 N–H and O–H groups in total. The number of hydrogen-bond donors (Lipinski definition) is 3. The Bertz CT molecular complexity index is 942. The Kier molecular flexibility index (Phi) is 5.59. The molecule has 3 rings (SSSR count). The fraction of sp³-hybridized carbons (Fsp3) is 0.350. The number of nitrogens with one attached hydrogen (secondary N) is 3. The second kappa shape index (κ2) is 8.07. The average Bonchev–Trinajstić information content (AvgIpc) is 3.26. The predicted octanol–water partition coefficient (Wildman–Crippen LogP) is 2.64. The molecule has 27 heavy (non-hydrogen) atoms. The van der Waals surface area contributed by atoms with Gasteiger partial charge in [0.15, 0.2) is 5.76 Å². The minimum Gasteiger partial charge on any atom is -0.361 e. The van der Waals surface area contributed by atoms with Crippen molar-refractivity contribution in [2.24, 2.45) is 0 Å². The van der Waals surface area contributed by atoms with Gasteiger partial charge in [-0.1, -0.05) is 37.2 Å². The molecule has 1 aromatic carbocycles. The van der Waals surface area contributed by atoms with Crippen LogP contribution in [0.5, 0.6) is 0 Å². The number of aromatic amines is 1. The van der Waals surface area contributed by atoms with E-state index in [1.807, 2.05) is 50.4 Å². The smallest absolute Gasteiger partial charge is 0.243 e. The molecule has 0 saturated heterocycles. The molecule has 0 aliphatic heterocycles. The van der Waals surface area contributed by atoms with Crippen molar-refractivity contribution >= 4 is 22.7 Å². The Labute approximate surface area is 157 Å². The van der Waals surface area contributed by atoms with Gasteiger partial charge < -0.3 is 20.1 Å². The highest BCUT2D eigenvalue weighted by atomic mass is 16.5. The topological polar surface area (TPSA) is 100 Å². The maximum atomic E-state index is 12.7. The third-order valence-corrected chi connectivity index (χ3v) is 4.40. The van der Waals surface area contributed by atoms with E-state index < -0.39 is 6.04 Å². The fourth-order valence-electron chi connectivity index (χ4n) is 2.96. The van der Waals surface area contributed by atoms with Crippen molar-refractivity contribution < 1.29 is 14.1 Å². The molecule has 142 valence electrons. The number of carbonyl (C=O) groups excluding carboxylic acids is 2. The lowest BCUT2D eigenvalue weighted by molar-refractivity contribution is -0.128. The van der Waals surface area contributed by atoms with Crippen LogP contribution >= 0.6 is 0 Å². The second-order valence-electron chi connectivity index (χ2n) is 6.91. The Balaban J connectivity index is 1.69. The maximum absolute atomic E-state index is 12.7. The van der Waals surface area contributed by atoms with Gasteiger partial charge in [-0.3, -0.25) is 9.59 Å². The largest absolute Gasteiger partial charge is 0.361 e. The van der Waals surface area contributed by atoms with Gasteiger partial charge in [-0.05, 0) is 17.5 Å². The standard InChI is InChI=1S/C20H24N4O3/c1-12(2)18-9-15(27-24-18)11-22-20(26)19(23-13(3)25)8-14-10-21-17-7-5-4-6-16(14)17/h4-7,9-10,12,19,21H,8,11H2,1-3H3,(H,22,26)(H,23,25). The quantitative estimate of drug-likeness (QED) is 0.597. The molecular formula is C20H24N4O3. The minimum atomic E-state index is -0.672. The van der Waals surface area contributed by atoms with E-state index >= 15 is 0 Å². The van der Waals surface area contributed by atoms with Crippen LogP contribution in [-0.2, 0) is 22.6 Å². The van der Waals surface area contributed by atoms with Crippen LogP contribution in [0.4, 0.5) is 0 Å². The van der Waals surface area contributed by atoms with E-state index in [-0.39, 0.29) is 24.3 Å². The van der Waals surface area contributed by atoms with Gasteiger partial charge in [0.05, 0.1) is 12.2 Å². The summed E-state index contributed by atoms with van der Waals surface area (Å²) < 4.78 is 5.24. The number of nitrogens with zero attached hydrogens (tertiary/aromatic N) is 1. The van der Waals surface area contributed by atoms with Crippen molar-refractivity contribution in [1.29, 1.82) is 0 Å². The van der Waals surface area contributed by atoms with Crippen LogP contribution in [0.2, 0.25) is 0 Å². The normalized spacial score (nSPS) is 12.3. The van der Waals surface area contributed by atoms with Crippen LogP contribution in [-0.4, -0.2) is 28.0 Å². The Morgan fingerprint density at radius 1 is 1.26 bits per heavy atom. The van der Waals surface area contributed by atoms with Crippen molar-refractivity contribution in [3.05, 3.63) is 53.5 Å². The van der Waals surface area contributed by atoms with E-state index in [0.717, 1.165) is 22.2 Å². The number of benzene rings is 1. The Hall–Kier alpha value is -3.09. The molecule has 2 heterocycles. The van der Waals surface area contributed by atoms with Crippen LogP contribution in [0.25, 0.3) is 10.9 Å². The van der Waals surface area contributed by atoms with E-state index in [9.17, 15) is 9.59 Å². The Morgan fingerprint density at radius 3 is 2.74 bits per heavy atom. The van der Waals surface area contributed by atoms with E-state index in [2.05, 4.69) is 20.8 Å². The van der Waals surface area contributed by atoms with E-state index in [1.54, 1.807) is 0 Å². The maximum Gasteiger partial charge on any atom is 0.243 e. The lowest BCUT2D eigenvalue weighted by Gasteiger charge is -2.17. The molecular weight excluding hydrogens is 344 g/mol. The molecule has 7 heteroatoms. The fourth-order valence-corrected chi connectivity index (χ4v) is 2.96. The van der Waals surface area contributed by atoms with Gasteiger partial charge in [0.2, 0.25) is 11.8 Å². The first-order chi connectivity index (χ1) is 12.9. The van der Waals surface area contributed by atoms with Crippen LogP contribution in [0.3, 0.4) is 0 Å². The van der Waals surface area contributed by atoms with E-state index in [4.69, 9.17) is 4.52 Å². The number of H-pyrrole nitrogens is 1. The van der Waals surface area contributed by atoms with Crippen molar-refractivity contribution in [3.63, 3.8) is 0 Å². The summed E-state index contributed by atoms with van der Waals surface area (Å²) in [7, 11) is 0. The van der Waals surface area contributed by atoms with Gasteiger partial charge in [0.25, 0.3) is 0 Å². The van der Waals surface area contributed by atoms with E-state index in [0.29, 0.717) is 12.2 Å². The molecule has 0 radical (unpaired) electrons. The van der Waals surface area contributed by atoms with Crippen molar-refractivity contribution in [3.8, 4) is 0 Å². The minimum absolute atomic E-state index is 0.225. The zero-order chi connectivity index (χ0) is 19.4. The summed E-state index contributed by atoms with van der Waals surface area (Å²) >= 11 is 0. The van der Waals surface area contributed by atoms with Crippen LogP contribution < -0.4 is 10.6 Å². The molecule has 7 nitrogen and oxygen atoms in total. The molecule has 0 fully saturated rings. The summed E-state index contributed by atoms with van der Waals surface area (Å²) in [4.78, 5) is 27.4. The molecule has 0 aliphatic carbocycles. The molecule has 0 aliphatic rings. The van der Waals surface area contributed by atoms with Crippen LogP contribution in [0.1, 0.15) is 43.7 Å². The third kappa shape index (κ3) is 4.55. The highest BCUT2D eigenvalue weighted by Gasteiger charge is 2.22. The molecule has 1 atom stereocenters. The Morgan fingerprint density at radius 2 is 2.04 bits per heavy atom. The summed E-state index contributed by atoms with van der Waals surface area (Å²) in [5, 5.41) is 10.6. The van der Waals surface area contributed by atoms with Crippen LogP contribution in [0.15, 0.2) is 41.1 Å². The number of para-hydroxylation sites is 1.